The zero-order valence-electron chi connectivity index (χ0n) is 10.8. The molecule has 17 heavy (non-hydrogen) atoms. The van der Waals surface area contributed by atoms with E-state index < -0.39 is 0 Å². The molecule has 2 unspecified atom stereocenters. The first kappa shape index (κ1) is 14.3. The minimum atomic E-state index is -0.0939. The molecule has 0 spiro atoms. The quantitative estimate of drug-likeness (QED) is 0.663. The lowest BCUT2D eigenvalue weighted by molar-refractivity contribution is 0.0418. The van der Waals surface area contributed by atoms with Gasteiger partial charge in [-0.25, -0.2) is 4.79 Å². The molecule has 0 aromatic heterocycles. The maximum absolute atomic E-state index is 11.3. The minimum Gasteiger partial charge on any atom is -0.379 e. The van der Waals surface area contributed by atoms with Crippen LogP contribution in [0.2, 0.25) is 0 Å². The lowest BCUT2D eigenvalue weighted by Crippen LogP contribution is -2.41. The number of amides is 2. The fraction of sp³-hybridized carbons (Fsp3) is 0.917. The van der Waals surface area contributed by atoms with Gasteiger partial charge < -0.3 is 20.1 Å². The number of carbonyl (C=O) groups is 1. The highest BCUT2D eigenvalue weighted by atomic mass is 16.5. The van der Waals surface area contributed by atoms with Gasteiger partial charge >= 0.3 is 6.03 Å². The number of rotatable bonds is 7. The molecule has 100 valence electrons. The van der Waals surface area contributed by atoms with Crippen LogP contribution in [0.15, 0.2) is 0 Å². The van der Waals surface area contributed by atoms with Crippen molar-refractivity contribution in [1.29, 1.82) is 0 Å². The number of ether oxygens (including phenoxy) is 2. The first-order valence-electron chi connectivity index (χ1n) is 6.46. The average molecular weight is 244 g/mol. The minimum absolute atomic E-state index is 0.0939. The summed E-state index contributed by atoms with van der Waals surface area (Å²) in [5.41, 5.74) is 0. The Hall–Kier alpha value is -0.810. The Labute approximate surface area is 103 Å². The smallest absolute Gasteiger partial charge is 0.314 e. The van der Waals surface area contributed by atoms with Crippen molar-refractivity contribution >= 4 is 6.03 Å². The lowest BCUT2D eigenvalue weighted by atomic mass is 10.3. The van der Waals surface area contributed by atoms with Gasteiger partial charge in [-0.15, -0.1) is 0 Å². The average Bonchev–Trinajstić information content (AvgIpc) is 2.81. The molecule has 2 atom stereocenters. The Bertz CT molecular complexity index is 218. The molecule has 1 rings (SSSR count). The van der Waals surface area contributed by atoms with Gasteiger partial charge in [-0.1, -0.05) is 6.92 Å². The van der Waals surface area contributed by atoms with Gasteiger partial charge in [0, 0.05) is 25.8 Å². The Morgan fingerprint density at radius 1 is 1.59 bits per heavy atom. The fourth-order valence-corrected chi connectivity index (χ4v) is 1.55. The summed E-state index contributed by atoms with van der Waals surface area (Å²) in [7, 11) is 0. The number of hydrogen-bond donors (Lipinski definition) is 2. The van der Waals surface area contributed by atoms with E-state index >= 15 is 0 Å². The van der Waals surface area contributed by atoms with E-state index in [9.17, 15) is 4.79 Å². The predicted molar refractivity (Wildman–Crippen MR) is 66.1 cm³/mol. The highest BCUT2D eigenvalue weighted by Gasteiger charge is 2.15. The molecule has 0 aromatic carbocycles. The maximum atomic E-state index is 11.3. The Morgan fingerprint density at radius 2 is 2.41 bits per heavy atom. The Kier molecular flexibility index (Phi) is 6.96. The largest absolute Gasteiger partial charge is 0.379 e. The molecule has 1 fully saturated rings. The van der Waals surface area contributed by atoms with Gasteiger partial charge in [-0.3, -0.25) is 0 Å². The summed E-state index contributed by atoms with van der Waals surface area (Å²) in [5.74, 6) is 0. The van der Waals surface area contributed by atoms with Gasteiger partial charge in [0.1, 0.15) is 0 Å². The van der Waals surface area contributed by atoms with Crippen molar-refractivity contribution < 1.29 is 14.3 Å². The second kappa shape index (κ2) is 8.31. The number of carbonyl (C=O) groups excluding carboxylic acids is 1. The second-order valence-corrected chi connectivity index (χ2v) is 4.42. The summed E-state index contributed by atoms with van der Waals surface area (Å²) in [6, 6.07) is 0.130. The van der Waals surface area contributed by atoms with Gasteiger partial charge in [0.05, 0.1) is 12.7 Å². The molecule has 0 aromatic rings. The van der Waals surface area contributed by atoms with Crippen LogP contribution in [0.4, 0.5) is 4.79 Å². The summed E-state index contributed by atoms with van der Waals surface area (Å²) in [6.07, 6.45) is 3.02. The molecular formula is C12H24N2O3. The molecule has 5 heteroatoms. The Morgan fingerprint density at radius 3 is 3.06 bits per heavy atom. The van der Waals surface area contributed by atoms with E-state index in [1.165, 1.54) is 0 Å². The highest BCUT2D eigenvalue weighted by molar-refractivity contribution is 5.74. The molecule has 0 radical (unpaired) electrons. The predicted octanol–water partition coefficient (Wildman–Crippen LogP) is 1.28. The van der Waals surface area contributed by atoms with Crippen molar-refractivity contribution in [3.05, 3.63) is 0 Å². The van der Waals surface area contributed by atoms with Crippen LogP contribution >= 0.6 is 0 Å². The van der Waals surface area contributed by atoms with Gasteiger partial charge in [0.25, 0.3) is 0 Å². The van der Waals surface area contributed by atoms with Crippen LogP contribution in [0.3, 0.4) is 0 Å². The molecule has 0 saturated carbocycles. The fourth-order valence-electron chi connectivity index (χ4n) is 1.55. The normalized spacial score (nSPS) is 21.2. The molecule has 2 amide bonds. The molecule has 1 heterocycles. The first-order valence-corrected chi connectivity index (χ1v) is 6.46. The standard InChI is InChI=1S/C12H24N2O3/c1-3-10(2)14-12(15)13-6-4-7-17-11-5-8-16-9-11/h10-11H,3-9H2,1-2H3,(H2,13,14,15). The Balaban J connectivity index is 1.90. The summed E-state index contributed by atoms with van der Waals surface area (Å²) in [5, 5.41) is 5.66. The van der Waals surface area contributed by atoms with Crippen molar-refractivity contribution in [2.75, 3.05) is 26.4 Å². The van der Waals surface area contributed by atoms with E-state index in [4.69, 9.17) is 9.47 Å². The van der Waals surface area contributed by atoms with E-state index in [2.05, 4.69) is 10.6 Å². The van der Waals surface area contributed by atoms with Gasteiger partial charge in [0.2, 0.25) is 0 Å². The zero-order valence-corrected chi connectivity index (χ0v) is 10.8. The molecule has 0 bridgehead atoms. The van der Waals surface area contributed by atoms with Crippen molar-refractivity contribution in [3.63, 3.8) is 0 Å². The summed E-state index contributed by atoms with van der Waals surface area (Å²) < 4.78 is 10.8. The first-order chi connectivity index (χ1) is 8.22. The third kappa shape index (κ3) is 6.48. The molecular weight excluding hydrogens is 220 g/mol. The van der Waals surface area contributed by atoms with Crippen LogP contribution in [0.25, 0.3) is 0 Å². The third-order valence-corrected chi connectivity index (χ3v) is 2.84. The van der Waals surface area contributed by atoms with Crippen molar-refractivity contribution in [3.8, 4) is 0 Å². The van der Waals surface area contributed by atoms with Crippen molar-refractivity contribution in [1.82, 2.24) is 10.6 Å². The second-order valence-electron chi connectivity index (χ2n) is 4.42. The molecule has 5 nitrogen and oxygen atoms in total. The molecule has 1 aliphatic heterocycles. The summed E-state index contributed by atoms with van der Waals surface area (Å²) >= 11 is 0. The van der Waals surface area contributed by atoms with E-state index in [1.807, 2.05) is 13.8 Å². The van der Waals surface area contributed by atoms with Crippen LogP contribution in [-0.2, 0) is 9.47 Å². The molecule has 1 saturated heterocycles. The summed E-state index contributed by atoms with van der Waals surface area (Å²) in [6.45, 7) is 6.88. The van der Waals surface area contributed by atoms with Crippen LogP contribution in [-0.4, -0.2) is 44.5 Å². The SMILES string of the molecule is CCC(C)NC(=O)NCCCOC1CCOC1. The van der Waals surface area contributed by atoms with Gasteiger partial charge in [-0.05, 0) is 26.2 Å². The van der Waals surface area contributed by atoms with Crippen molar-refractivity contribution in [2.45, 2.75) is 45.3 Å². The topological polar surface area (TPSA) is 59.6 Å². The lowest BCUT2D eigenvalue weighted by Gasteiger charge is -2.13. The van der Waals surface area contributed by atoms with Gasteiger partial charge in [0.15, 0.2) is 0 Å². The van der Waals surface area contributed by atoms with E-state index in [0.717, 1.165) is 25.9 Å². The van der Waals surface area contributed by atoms with Crippen LogP contribution in [0, 0.1) is 0 Å². The van der Waals surface area contributed by atoms with Gasteiger partial charge in [-0.2, -0.15) is 0 Å². The maximum Gasteiger partial charge on any atom is 0.314 e. The molecule has 2 N–H and O–H groups in total. The number of urea groups is 1. The number of nitrogens with one attached hydrogen (secondary N) is 2. The van der Waals surface area contributed by atoms with Crippen molar-refractivity contribution in [2.24, 2.45) is 0 Å². The third-order valence-electron chi connectivity index (χ3n) is 2.84. The zero-order chi connectivity index (χ0) is 12.5. The van der Waals surface area contributed by atoms with E-state index in [-0.39, 0.29) is 18.2 Å². The summed E-state index contributed by atoms with van der Waals surface area (Å²) in [4.78, 5) is 11.3. The van der Waals surface area contributed by atoms with Crippen LogP contribution in [0.5, 0.6) is 0 Å². The molecule has 1 aliphatic rings. The monoisotopic (exact) mass is 244 g/mol. The van der Waals surface area contributed by atoms with Crippen LogP contribution in [0.1, 0.15) is 33.1 Å². The number of hydrogen-bond acceptors (Lipinski definition) is 3. The highest BCUT2D eigenvalue weighted by Crippen LogP contribution is 2.07. The van der Waals surface area contributed by atoms with E-state index in [0.29, 0.717) is 19.8 Å². The van der Waals surface area contributed by atoms with Crippen LogP contribution < -0.4 is 10.6 Å². The molecule has 0 aliphatic carbocycles. The van der Waals surface area contributed by atoms with E-state index in [1.54, 1.807) is 0 Å².